The van der Waals surface area contributed by atoms with E-state index in [9.17, 15) is 0 Å². The van der Waals surface area contributed by atoms with E-state index < -0.39 is 18.1 Å². The van der Waals surface area contributed by atoms with Gasteiger partial charge in [-0.1, -0.05) is 0 Å². The van der Waals surface area contributed by atoms with E-state index in [0.29, 0.717) is 0 Å². The molecule has 0 aromatic carbocycles. The molecule has 0 aromatic rings. The summed E-state index contributed by atoms with van der Waals surface area (Å²) in [5, 5.41) is 0. The molecule has 32 valence electrons. The molecule has 0 heterocycles. The van der Waals surface area contributed by atoms with Crippen molar-refractivity contribution in [1.82, 2.24) is 0 Å². The zero-order valence-electron chi connectivity index (χ0n) is 3.55. The van der Waals surface area contributed by atoms with Crippen molar-refractivity contribution in [3.8, 4) is 0 Å². The van der Waals surface area contributed by atoms with Gasteiger partial charge in [-0.3, -0.25) is 0 Å². The van der Waals surface area contributed by atoms with Crippen LogP contribution in [0.25, 0.3) is 0 Å². The second kappa shape index (κ2) is 6.21. The Hall–Kier alpha value is 2.09. The SMILES string of the molecule is [Mg+2].[Mg+2].[O-][Ti]([O-])([O-])[O-]. The van der Waals surface area contributed by atoms with Gasteiger partial charge in [0, 0.05) is 0 Å². The van der Waals surface area contributed by atoms with Crippen LogP contribution in [0.4, 0.5) is 0 Å². The molecule has 0 radical (unpaired) electrons. The fraction of sp³-hybridized carbons (Fsp3) is 0. The van der Waals surface area contributed by atoms with Crippen LogP contribution < -0.4 is 14.8 Å². The van der Waals surface area contributed by atoms with E-state index in [0.717, 1.165) is 0 Å². The molecule has 0 bridgehead atoms. The molecule has 0 aromatic heterocycles. The minimum absolute atomic E-state index is 0. The maximum absolute atomic E-state index is 8.62. The third-order valence-corrected chi connectivity index (χ3v) is 0. The third kappa shape index (κ3) is 68.8. The first-order valence-corrected chi connectivity index (χ1v) is 3.37. The van der Waals surface area contributed by atoms with Gasteiger partial charge in [0.1, 0.15) is 0 Å². The summed E-state index contributed by atoms with van der Waals surface area (Å²) in [7, 11) is 0. The Morgan fingerprint density at radius 3 is 0.714 bits per heavy atom. The van der Waals surface area contributed by atoms with Crippen molar-refractivity contribution in [1.29, 1.82) is 0 Å². The maximum atomic E-state index is 8.62. The van der Waals surface area contributed by atoms with Crippen molar-refractivity contribution in [3.05, 3.63) is 0 Å². The quantitative estimate of drug-likeness (QED) is 0.331. The van der Waals surface area contributed by atoms with Gasteiger partial charge in [-0.15, -0.1) is 0 Å². The molecule has 7 heteroatoms. The molecule has 0 rings (SSSR count). The minimum atomic E-state index is -6.00. The second-order valence-corrected chi connectivity index (χ2v) is 2.06. The Bertz CT molecular complexity index is 25.2. The van der Waals surface area contributed by atoms with Crippen LogP contribution in [0.3, 0.4) is 0 Å². The molecule has 0 saturated carbocycles. The molecule has 0 aliphatic carbocycles. The van der Waals surface area contributed by atoms with Gasteiger partial charge in [-0.2, -0.15) is 0 Å². The molecule has 0 saturated heterocycles. The van der Waals surface area contributed by atoms with Gasteiger partial charge < -0.3 is 0 Å². The number of hydrogen-bond donors (Lipinski definition) is 0. The Labute approximate surface area is 78.1 Å². The molecule has 0 amide bonds. The van der Waals surface area contributed by atoms with E-state index in [1.807, 2.05) is 0 Å². The average Bonchev–Trinajstić information content (AvgIpc) is 0.722. The van der Waals surface area contributed by atoms with Crippen LogP contribution in [-0.4, -0.2) is 46.1 Å². The Morgan fingerprint density at radius 1 is 0.714 bits per heavy atom. The fourth-order valence-electron chi connectivity index (χ4n) is 0. The van der Waals surface area contributed by atoms with Gasteiger partial charge in [-0.05, 0) is 0 Å². The summed E-state index contributed by atoms with van der Waals surface area (Å²) in [5.41, 5.74) is 0. The standard InChI is InChI=1S/2Mg.4O.Ti/q2*+2;4*-1;. The summed E-state index contributed by atoms with van der Waals surface area (Å²) in [4.78, 5) is 0. The predicted octanol–water partition coefficient (Wildman–Crippen LogP) is -5.52. The fourth-order valence-corrected chi connectivity index (χ4v) is 0. The van der Waals surface area contributed by atoms with Gasteiger partial charge in [0.15, 0.2) is 0 Å². The third-order valence-electron chi connectivity index (χ3n) is 0. The average molecular weight is 160 g/mol. The molecule has 0 unspecified atom stereocenters. The molecule has 0 N–H and O–H groups in total. The van der Waals surface area contributed by atoms with Crippen LogP contribution >= 0.6 is 0 Å². The van der Waals surface area contributed by atoms with Gasteiger partial charge >= 0.3 is 79.0 Å². The van der Waals surface area contributed by atoms with Crippen molar-refractivity contribution in [2.24, 2.45) is 0 Å². The van der Waals surface area contributed by atoms with E-state index in [2.05, 4.69) is 0 Å². The summed E-state index contributed by atoms with van der Waals surface area (Å²) in [6.07, 6.45) is 0. The van der Waals surface area contributed by atoms with E-state index in [-0.39, 0.29) is 46.1 Å². The molecule has 7 heavy (non-hydrogen) atoms. The normalized spacial score (nSPS) is 8.57. The molecule has 0 spiro atoms. The number of hydrogen-bond acceptors (Lipinski definition) is 4. The van der Waals surface area contributed by atoms with Crippen molar-refractivity contribution >= 4 is 46.1 Å². The first-order valence-electron chi connectivity index (χ1n) is 0.816. The van der Waals surface area contributed by atoms with E-state index in [1.54, 1.807) is 0 Å². The summed E-state index contributed by atoms with van der Waals surface area (Å²) < 4.78 is 34.5. The first-order chi connectivity index (χ1) is 2.00. The molecular formula is Mg2O4Ti. The number of rotatable bonds is 0. The topological polar surface area (TPSA) is 92.2 Å². The Kier molecular flexibility index (Phi) is 14.2. The molecular weight excluding hydrogens is 160 g/mol. The van der Waals surface area contributed by atoms with Crippen molar-refractivity contribution in [2.45, 2.75) is 0 Å². The first kappa shape index (κ1) is 16.0. The van der Waals surface area contributed by atoms with Crippen LogP contribution in [0.2, 0.25) is 0 Å². The predicted molar refractivity (Wildman–Crippen MR) is 11.5 cm³/mol. The van der Waals surface area contributed by atoms with Crippen molar-refractivity contribution in [2.75, 3.05) is 0 Å². The molecule has 0 aliphatic heterocycles. The summed E-state index contributed by atoms with van der Waals surface area (Å²) in [5.74, 6) is 0. The second-order valence-electron chi connectivity index (χ2n) is 0.500. The van der Waals surface area contributed by atoms with Crippen molar-refractivity contribution in [3.63, 3.8) is 0 Å². The monoisotopic (exact) mass is 160 g/mol. The molecule has 4 nitrogen and oxygen atoms in total. The van der Waals surface area contributed by atoms with E-state index in [4.69, 9.17) is 14.8 Å². The van der Waals surface area contributed by atoms with Gasteiger partial charge in [-0.25, -0.2) is 0 Å². The molecule has 0 aliphatic rings. The summed E-state index contributed by atoms with van der Waals surface area (Å²) in [6, 6.07) is 0. The van der Waals surface area contributed by atoms with Crippen LogP contribution in [0, 0.1) is 0 Å². The van der Waals surface area contributed by atoms with Crippen LogP contribution in [0.5, 0.6) is 0 Å². The van der Waals surface area contributed by atoms with Crippen LogP contribution in [0.1, 0.15) is 0 Å². The van der Waals surface area contributed by atoms with E-state index >= 15 is 0 Å². The zero-order chi connectivity index (χ0) is 4.50. The summed E-state index contributed by atoms with van der Waals surface area (Å²) >= 11 is -6.00. The Morgan fingerprint density at radius 2 is 0.714 bits per heavy atom. The van der Waals surface area contributed by atoms with Gasteiger partial charge in [0.25, 0.3) is 0 Å². The summed E-state index contributed by atoms with van der Waals surface area (Å²) in [6.45, 7) is 0. The zero-order valence-corrected chi connectivity index (χ0v) is 7.94. The van der Waals surface area contributed by atoms with Crippen LogP contribution in [0.15, 0.2) is 0 Å². The Balaban J connectivity index is -0.0000000800. The van der Waals surface area contributed by atoms with Crippen LogP contribution in [-0.2, 0) is 18.1 Å². The van der Waals surface area contributed by atoms with Gasteiger partial charge in [0.05, 0.1) is 0 Å². The molecule has 0 fully saturated rings. The molecule has 0 atom stereocenters. The van der Waals surface area contributed by atoms with Crippen molar-refractivity contribution < 1.29 is 32.9 Å². The van der Waals surface area contributed by atoms with E-state index in [1.165, 1.54) is 0 Å². The van der Waals surface area contributed by atoms with Gasteiger partial charge in [0.2, 0.25) is 0 Å².